The molecular weight excluding hydrogens is 921 g/mol. The molecule has 14 heteroatoms. The minimum Gasteiger partial charge on any atom is -0.457 e. The summed E-state index contributed by atoms with van der Waals surface area (Å²) >= 11 is 0. The molecule has 0 bridgehead atoms. The predicted molar refractivity (Wildman–Crippen MR) is 284 cm³/mol. The fourth-order valence-corrected chi connectivity index (χ4v) is 8.88. The molecule has 2 aliphatic heterocycles. The third-order valence-corrected chi connectivity index (χ3v) is 13.6. The van der Waals surface area contributed by atoms with Crippen LogP contribution in [-0.2, 0) is 33.2 Å². The molecule has 420 valence electrons. The SMILES string of the molecule is CCCCC/C=C\C/C=C\CCCCCCCCCCCC(=O)OC(COCCCCCCCCCC/C=C\C/C=C\CCCCCC)COC1OC(COC2OC(CO)C(O)C(O)C2O)C(O)C(O)C1O. The largest absolute Gasteiger partial charge is 0.457 e. The second-order valence-electron chi connectivity index (χ2n) is 20.1. The second-order valence-corrected chi connectivity index (χ2v) is 20.1. The topological polar surface area (TPSA) is 214 Å². The fraction of sp³-hybridized carbons (Fsp3) is 0.845. The number of esters is 1. The van der Waals surface area contributed by atoms with Crippen LogP contribution in [0.3, 0.4) is 0 Å². The molecule has 0 aromatic heterocycles. The van der Waals surface area contributed by atoms with Crippen molar-refractivity contribution in [2.75, 3.05) is 33.0 Å². The van der Waals surface area contributed by atoms with Crippen LogP contribution in [0.4, 0.5) is 0 Å². The van der Waals surface area contributed by atoms with E-state index in [0.717, 1.165) is 64.2 Å². The van der Waals surface area contributed by atoms with Crippen molar-refractivity contribution in [2.45, 2.75) is 280 Å². The number of hydrogen-bond acceptors (Lipinski definition) is 14. The molecule has 0 radical (unpaired) electrons. The molecule has 11 atom stereocenters. The predicted octanol–water partition coefficient (Wildman–Crippen LogP) is 9.91. The Morgan fingerprint density at radius 3 is 1.36 bits per heavy atom. The van der Waals surface area contributed by atoms with E-state index in [9.17, 15) is 40.5 Å². The van der Waals surface area contributed by atoms with Crippen molar-refractivity contribution in [1.82, 2.24) is 0 Å². The third-order valence-electron chi connectivity index (χ3n) is 13.6. The molecule has 0 amide bonds. The van der Waals surface area contributed by atoms with Gasteiger partial charge in [-0.1, -0.05) is 178 Å². The van der Waals surface area contributed by atoms with Crippen molar-refractivity contribution in [3.05, 3.63) is 48.6 Å². The van der Waals surface area contributed by atoms with Crippen LogP contribution in [0.5, 0.6) is 0 Å². The Balaban J connectivity index is 1.73. The lowest BCUT2D eigenvalue weighted by atomic mass is 9.98. The number of ether oxygens (including phenoxy) is 6. The van der Waals surface area contributed by atoms with Crippen LogP contribution < -0.4 is 0 Å². The van der Waals surface area contributed by atoms with Crippen LogP contribution in [0.1, 0.15) is 213 Å². The van der Waals surface area contributed by atoms with E-state index in [0.29, 0.717) is 13.0 Å². The second kappa shape index (κ2) is 45.2. The van der Waals surface area contributed by atoms with Gasteiger partial charge in [-0.3, -0.25) is 4.79 Å². The molecule has 2 saturated heterocycles. The summed E-state index contributed by atoms with van der Waals surface area (Å²) < 4.78 is 34.4. The molecule has 0 aromatic rings. The van der Waals surface area contributed by atoms with Crippen molar-refractivity contribution in [3.63, 3.8) is 0 Å². The average molecular weight is 1030 g/mol. The van der Waals surface area contributed by atoms with Gasteiger partial charge < -0.3 is 64.2 Å². The first kappa shape index (κ1) is 66.1. The number of rotatable bonds is 46. The number of allylic oxidation sites excluding steroid dienone is 8. The van der Waals surface area contributed by atoms with Gasteiger partial charge in [-0.2, -0.15) is 0 Å². The molecule has 0 aromatic carbocycles. The zero-order valence-electron chi connectivity index (χ0n) is 44.9. The van der Waals surface area contributed by atoms with Crippen molar-refractivity contribution in [3.8, 4) is 0 Å². The van der Waals surface area contributed by atoms with Gasteiger partial charge in [0.25, 0.3) is 0 Å². The summed E-state index contributed by atoms with van der Waals surface area (Å²) in [6.07, 6.45) is 37.3. The number of aliphatic hydroxyl groups is 7. The molecule has 11 unspecified atom stereocenters. The summed E-state index contributed by atoms with van der Waals surface area (Å²) in [6, 6.07) is 0. The van der Waals surface area contributed by atoms with Crippen LogP contribution in [-0.4, -0.2) is 142 Å². The minimum atomic E-state index is -1.71. The molecule has 2 heterocycles. The van der Waals surface area contributed by atoms with Crippen LogP contribution in [0.2, 0.25) is 0 Å². The van der Waals surface area contributed by atoms with Gasteiger partial charge in [-0.25, -0.2) is 0 Å². The Bertz CT molecular complexity index is 1370. The van der Waals surface area contributed by atoms with Gasteiger partial charge in [0.15, 0.2) is 12.6 Å². The molecule has 2 rings (SSSR count). The van der Waals surface area contributed by atoms with Gasteiger partial charge in [0, 0.05) is 13.0 Å². The molecule has 2 aliphatic rings. The van der Waals surface area contributed by atoms with Crippen LogP contribution in [0, 0.1) is 0 Å². The average Bonchev–Trinajstić information content (AvgIpc) is 3.38. The first-order chi connectivity index (χ1) is 35.1. The summed E-state index contributed by atoms with van der Waals surface area (Å²) in [5.41, 5.74) is 0. The summed E-state index contributed by atoms with van der Waals surface area (Å²) in [4.78, 5) is 13.1. The molecule has 7 N–H and O–H groups in total. The van der Waals surface area contributed by atoms with Crippen molar-refractivity contribution < 1.29 is 69.0 Å². The molecule has 0 spiro atoms. The van der Waals surface area contributed by atoms with Crippen LogP contribution >= 0.6 is 0 Å². The summed E-state index contributed by atoms with van der Waals surface area (Å²) in [7, 11) is 0. The normalized spacial score (nSPS) is 25.5. The van der Waals surface area contributed by atoms with Gasteiger partial charge >= 0.3 is 5.97 Å². The maximum absolute atomic E-state index is 13.1. The summed E-state index contributed by atoms with van der Waals surface area (Å²) in [6.45, 7) is 3.65. The number of carbonyl (C=O) groups excluding carboxylic acids is 1. The minimum absolute atomic E-state index is 0.0555. The first-order valence-corrected chi connectivity index (χ1v) is 28.7. The maximum Gasteiger partial charge on any atom is 0.306 e. The summed E-state index contributed by atoms with van der Waals surface area (Å²) in [5.74, 6) is -0.382. The third kappa shape index (κ3) is 31.7. The van der Waals surface area contributed by atoms with Crippen molar-refractivity contribution >= 4 is 5.97 Å². The quantitative estimate of drug-likeness (QED) is 0.0172. The van der Waals surface area contributed by atoms with Crippen LogP contribution in [0.25, 0.3) is 0 Å². The highest BCUT2D eigenvalue weighted by Gasteiger charge is 2.47. The Hall–Kier alpha value is -2.05. The van der Waals surface area contributed by atoms with Gasteiger partial charge in [-0.05, 0) is 77.0 Å². The fourth-order valence-electron chi connectivity index (χ4n) is 8.88. The van der Waals surface area contributed by atoms with Crippen molar-refractivity contribution in [2.24, 2.45) is 0 Å². The Morgan fingerprint density at radius 2 is 0.861 bits per heavy atom. The monoisotopic (exact) mass is 1020 g/mol. The lowest BCUT2D eigenvalue weighted by Crippen LogP contribution is -2.61. The van der Waals surface area contributed by atoms with E-state index < -0.39 is 80.7 Å². The van der Waals surface area contributed by atoms with Crippen LogP contribution in [0.15, 0.2) is 48.6 Å². The van der Waals surface area contributed by atoms with E-state index in [1.54, 1.807) is 0 Å². The zero-order chi connectivity index (χ0) is 52.3. The van der Waals surface area contributed by atoms with E-state index in [-0.39, 0.29) is 25.6 Å². The molecule has 0 aliphatic carbocycles. The molecule has 0 saturated carbocycles. The van der Waals surface area contributed by atoms with E-state index in [1.165, 1.54) is 122 Å². The lowest BCUT2D eigenvalue weighted by Gasteiger charge is -2.42. The van der Waals surface area contributed by atoms with Gasteiger partial charge in [0.1, 0.15) is 54.9 Å². The van der Waals surface area contributed by atoms with E-state index in [2.05, 4.69) is 62.5 Å². The van der Waals surface area contributed by atoms with E-state index in [1.807, 2.05) is 0 Å². The van der Waals surface area contributed by atoms with E-state index >= 15 is 0 Å². The number of hydrogen-bond donors (Lipinski definition) is 7. The first-order valence-electron chi connectivity index (χ1n) is 28.7. The highest BCUT2D eigenvalue weighted by molar-refractivity contribution is 5.69. The highest BCUT2D eigenvalue weighted by atomic mass is 16.7. The summed E-state index contributed by atoms with van der Waals surface area (Å²) in [5, 5.41) is 72.3. The molecule has 2 fully saturated rings. The maximum atomic E-state index is 13.1. The van der Waals surface area contributed by atoms with Crippen molar-refractivity contribution in [1.29, 1.82) is 0 Å². The molecule has 14 nitrogen and oxygen atoms in total. The van der Waals surface area contributed by atoms with Gasteiger partial charge in [-0.15, -0.1) is 0 Å². The zero-order valence-corrected chi connectivity index (χ0v) is 44.9. The Labute approximate surface area is 435 Å². The number of aliphatic hydroxyl groups excluding tert-OH is 7. The number of carbonyl (C=O) groups is 1. The number of unbranched alkanes of at least 4 members (excludes halogenated alkanes) is 24. The van der Waals surface area contributed by atoms with Gasteiger partial charge in [0.2, 0.25) is 0 Å². The lowest BCUT2D eigenvalue weighted by molar-refractivity contribution is -0.332. The van der Waals surface area contributed by atoms with E-state index in [4.69, 9.17) is 28.4 Å². The standard InChI is InChI=1S/C58H104O14/c1-3-5-7-9-11-13-15-17-19-21-23-25-27-29-31-33-35-37-39-41-50(60)70-47(44-67-42-40-38-36-34-32-30-28-26-24-22-20-18-16-14-12-10-8-6-4-2)45-68-57-56(66)54(64)52(62)49(72-57)46-69-58-55(65)53(63)51(61)48(43-59)71-58/h11,13-14,16-17,19-20,22,47-49,51-59,61-66H,3-10,12,15,18,21,23-46H2,1-2H3/b13-11-,16-14-,19-17-,22-20-. The Kier molecular flexibility index (Phi) is 41.4. The van der Waals surface area contributed by atoms with Gasteiger partial charge in [0.05, 0.1) is 26.4 Å². The smallest absolute Gasteiger partial charge is 0.306 e. The highest BCUT2D eigenvalue weighted by Crippen LogP contribution is 2.26. The Morgan fingerprint density at radius 1 is 0.458 bits per heavy atom. The molecule has 72 heavy (non-hydrogen) atoms. The molecular formula is C58H104O14.